The summed E-state index contributed by atoms with van der Waals surface area (Å²) in [5.74, 6) is 0. The van der Waals surface area contributed by atoms with Crippen LogP contribution >= 0.6 is 0 Å². The summed E-state index contributed by atoms with van der Waals surface area (Å²) >= 11 is 0. The molecule has 126 valence electrons. The van der Waals surface area contributed by atoms with Gasteiger partial charge in [-0.2, -0.15) is 0 Å². The molecule has 0 atom stereocenters. The highest BCUT2D eigenvalue weighted by Crippen LogP contribution is 2.35. The van der Waals surface area contributed by atoms with E-state index in [1.165, 1.54) is 11.1 Å². The van der Waals surface area contributed by atoms with Crippen LogP contribution in [-0.2, 0) is 6.42 Å². The third kappa shape index (κ3) is 2.91. The Morgan fingerprint density at radius 2 is 1.80 bits per heavy atom. The van der Waals surface area contributed by atoms with E-state index in [0.29, 0.717) is 0 Å². The number of hydrogen-bond acceptors (Lipinski definition) is 3. The molecule has 4 rings (SSSR count). The highest BCUT2D eigenvalue weighted by Gasteiger charge is 2.17. The Kier molecular flexibility index (Phi) is 3.60. The van der Waals surface area contributed by atoms with Gasteiger partial charge in [0.1, 0.15) is 11.2 Å². The quantitative estimate of drug-likeness (QED) is 0.456. The van der Waals surface area contributed by atoms with E-state index in [4.69, 9.17) is 4.42 Å². The highest BCUT2D eigenvalue weighted by atomic mass is 16.3. The van der Waals surface area contributed by atoms with E-state index in [1.54, 1.807) is 0 Å². The molecule has 0 saturated heterocycles. The third-order valence-electron chi connectivity index (χ3n) is 4.50. The van der Waals surface area contributed by atoms with E-state index in [2.05, 4.69) is 49.8 Å². The number of rotatable bonds is 2. The molecule has 0 aliphatic heterocycles. The third-order valence-corrected chi connectivity index (χ3v) is 4.50. The fourth-order valence-electron chi connectivity index (χ4n) is 3.30. The lowest BCUT2D eigenvalue weighted by molar-refractivity contribution is 0.410. The second-order valence-corrected chi connectivity index (χ2v) is 7.90. The topological polar surface area (TPSA) is 38.9 Å². The predicted molar refractivity (Wildman–Crippen MR) is 103 cm³/mol. The number of hydrogen-bond donors (Lipinski definition) is 0. The minimum absolute atomic E-state index is 0.229. The molecule has 0 unspecified atom stereocenters. The molecular weight excluding hydrogens is 308 g/mol. The first-order valence-electron chi connectivity index (χ1n) is 8.63. The number of furan rings is 1. The maximum absolute atomic E-state index is 6.13. The van der Waals surface area contributed by atoms with Gasteiger partial charge in [-0.25, -0.2) is 0 Å². The molecule has 4 aromatic rings. The molecule has 3 heterocycles. The van der Waals surface area contributed by atoms with Crippen LogP contribution in [0.1, 0.15) is 31.9 Å². The number of pyridine rings is 2. The van der Waals surface area contributed by atoms with Crippen LogP contribution in [0.2, 0.25) is 0 Å². The molecule has 0 spiro atoms. The van der Waals surface area contributed by atoms with Crippen molar-refractivity contribution in [3.05, 3.63) is 60.0 Å². The summed E-state index contributed by atoms with van der Waals surface area (Å²) in [6.45, 7) is 8.90. The van der Waals surface area contributed by atoms with Crippen molar-refractivity contribution in [2.45, 2.75) is 34.1 Å². The normalized spacial score (nSPS) is 12.2. The molecule has 3 nitrogen and oxygen atoms in total. The Morgan fingerprint density at radius 1 is 1.00 bits per heavy atom. The average molecular weight is 330 g/mol. The highest BCUT2D eigenvalue weighted by molar-refractivity contribution is 6.08. The molecule has 3 aromatic heterocycles. The first kappa shape index (κ1) is 15.8. The van der Waals surface area contributed by atoms with Crippen molar-refractivity contribution >= 4 is 21.9 Å². The van der Waals surface area contributed by atoms with E-state index >= 15 is 0 Å². The van der Waals surface area contributed by atoms with Crippen LogP contribution in [0.4, 0.5) is 0 Å². The maximum Gasteiger partial charge on any atom is 0.147 e. The predicted octanol–water partition coefficient (Wildman–Crippen LogP) is 5.94. The Hall–Kier alpha value is -2.68. The van der Waals surface area contributed by atoms with E-state index in [-0.39, 0.29) is 5.41 Å². The summed E-state index contributed by atoms with van der Waals surface area (Å²) in [6.07, 6.45) is 6.69. The average Bonchev–Trinajstić information content (AvgIpc) is 2.94. The van der Waals surface area contributed by atoms with Crippen molar-refractivity contribution in [2.75, 3.05) is 0 Å². The van der Waals surface area contributed by atoms with Gasteiger partial charge in [0.05, 0.1) is 11.3 Å². The van der Waals surface area contributed by atoms with E-state index < -0.39 is 0 Å². The van der Waals surface area contributed by atoms with Gasteiger partial charge in [0.2, 0.25) is 0 Å². The van der Waals surface area contributed by atoms with Crippen LogP contribution in [0.15, 0.2) is 53.3 Å². The number of aromatic nitrogens is 2. The van der Waals surface area contributed by atoms with Crippen molar-refractivity contribution in [2.24, 2.45) is 5.41 Å². The fraction of sp³-hybridized carbons (Fsp3) is 0.273. The lowest BCUT2D eigenvalue weighted by Gasteiger charge is -2.20. The molecule has 0 aliphatic carbocycles. The smallest absolute Gasteiger partial charge is 0.147 e. The maximum atomic E-state index is 6.13. The van der Waals surface area contributed by atoms with Gasteiger partial charge in [-0.1, -0.05) is 39.0 Å². The van der Waals surface area contributed by atoms with E-state index in [9.17, 15) is 0 Å². The second-order valence-electron chi connectivity index (χ2n) is 7.90. The van der Waals surface area contributed by atoms with Gasteiger partial charge in [0, 0.05) is 29.4 Å². The van der Waals surface area contributed by atoms with Crippen molar-refractivity contribution in [1.82, 2.24) is 9.97 Å². The van der Waals surface area contributed by atoms with Gasteiger partial charge in [-0.3, -0.25) is 9.97 Å². The van der Waals surface area contributed by atoms with Gasteiger partial charge >= 0.3 is 0 Å². The number of benzene rings is 1. The Balaban J connectivity index is 1.91. The molecule has 0 bridgehead atoms. The summed E-state index contributed by atoms with van der Waals surface area (Å²) in [4.78, 5) is 9.10. The Bertz CT molecular complexity index is 1070. The van der Waals surface area contributed by atoms with Crippen molar-refractivity contribution in [1.29, 1.82) is 0 Å². The number of fused-ring (bicyclic) bond motifs is 3. The summed E-state index contributed by atoms with van der Waals surface area (Å²) in [7, 11) is 0. The van der Waals surface area contributed by atoms with Crippen LogP contribution in [0.3, 0.4) is 0 Å². The molecule has 0 aliphatic rings. The SMILES string of the molecule is Cc1cnc(-c2cncc3c2oc2ccccc23)cc1CC(C)(C)C. The molecule has 3 heteroatoms. The van der Waals surface area contributed by atoms with Gasteiger partial charge in [-0.15, -0.1) is 0 Å². The number of para-hydroxylation sites is 1. The van der Waals surface area contributed by atoms with Crippen LogP contribution in [0.25, 0.3) is 33.2 Å². The van der Waals surface area contributed by atoms with Gasteiger partial charge < -0.3 is 4.42 Å². The molecule has 0 fully saturated rings. The minimum atomic E-state index is 0.229. The van der Waals surface area contributed by atoms with Gasteiger partial charge in [0.15, 0.2) is 0 Å². The van der Waals surface area contributed by atoms with Crippen LogP contribution < -0.4 is 0 Å². The summed E-state index contributed by atoms with van der Waals surface area (Å²) < 4.78 is 6.13. The zero-order valence-electron chi connectivity index (χ0n) is 15.1. The lowest BCUT2D eigenvalue weighted by atomic mass is 9.86. The van der Waals surface area contributed by atoms with Crippen molar-refractivity contribution in [3.8, 4) is 11.3 Å². The molecule has 1 aromatic carbocycles. The largest absolute Gasteiger partial charge is 0.455 e. The van der Waals surface area contributed by atoms with Crippen molar-refractivity contribution in [3.63, 3.8) is 0 Å². The zero-order valence-corrected chi connectivity index (χ0v) is 15.1. The molecule has 0 saturated carbocycles. The Morgan fingerprint density at radius 3 is 2.60 bits per heavy atom. The minimum Gasteiger partial charge on any atom is -0.455 e. The first-order valence-corrected chi connectivity index (χ1v) is 8.63. The molecular formula is C22H22N2O. The summed E-state index contributed by atoms with van der Waals surface area (Å²) in [6, 6.07) is 10.3. The zero-order chi connectivity index (χ0) is 17.6. The summed E-state index contributed by atoms with van der Waals surface area (Å²) in [5, 5.41) is 2.13. The molecule has 0 N–H and O–H groups in total. The Labute approximate surface area is 147 Å². The van der Waals surface area contributed by atoms with Crippen molar-refractivity contribution < 1.29 is 4.42 Å². The van der Waals surface area contributed by atoms with Gasteiger partial charge in [0.25, 0.3) is 0 Å². The fourth-order valence-corrected chi connectivity index (χ4v) is 3.30. The van der Waals surface area contributed by atoms with Crippen LogP contribution in [0.5, 0.6) is 0 Å². The van der Waals surface area contributed by atoms with Crippen LogP contribution in [0, 0.1) is 12.3 Å². The van der Waals surface area contributed by atoms with Gasteiger partial charge in [-0.05, 0) is 42.0 Å². The first-order chi connectivity index (χ1) is 11.9. The van der Waals surface area contributed by atoms with Crippen LogP contribution in [-0.4, -0.2) is 9.97 Å². The van der Waals surface area contributed by atoms with E-state index in [1.807, 2.05) is 36.8 Å². The summed E-state index contributed by atoms with van der Waals surface area (Å²) in [5.41, 5.74) is 6.38. The van der Waals surface area contributed by atoms with E-state index in [0.717, 1.165) is 39.6 Å². The lowest BCUT2D eigenvalue weighted by Crippen LogP contribution is -2.10. The number of nitrogens with zero attached hydrogens (tertiary/aromatic N) is 2. The molecule has 25 heavy (non-hydrogen) atoms. The standard InChI is InChI=1S/C22H22N2O/c1-14-11-24-19(9-15(14)10-22(2,3)4)18-13-23-12-17-16-7-5-6-8-20(16)25-21(17)18/h5-9,11-13H,10H2,1-4H3. The second kappa shape index (κ2) is 5.69. The molecule has 0 amide bonds. The monoisotopic (exact) mass is 330 g/mol. The molecule has 0 radical (unpaired) electrons. The number of aryl methyl sites for hydroxylation is 1.